The van der Waals surface area contributed by atoms with Crippen molar-refractivity contribution in [2.75, 3.05) is 26.7 Å². The standard InChI is InChI=1S/C15H17ClN2O4S2/c1-18(24(20,21)15-8-7-13(16)23-15)11-14(19)17-9-10-22-12-5-3-2-4-6-12/h2-8H,9-11H2,1H3,(H,17,19). The van der Waals surface area contributed by atoms with Gasteiger partial charge in [-0.25, -0.2) is 8.42 Å². The predicted molar refractivity (Wildman–Crippen MR) is 94.1 cm³/mol. The van der Waals surface area contributed by atoms with Crippen LogP contribution in [0.5, 0.6) is 5.75 Å². The van der Waals surface area contributed by atoms with Crippen LogP contribution in [0.15, 0.2) is 46.7 Å². The zero-order valence-electron chi connectivity index (χ0n) is 12.9. The summed E-state index contributed by atoms with van der Waals surface area (Å²) in [7, 11) is -2.36. The van der Waals surface area contributed by atoms with Crippen LogP contribution in [-0.2, 0) is 14.8 Å². The first-order valence-corrected chi connectivity index (χ1v) is 9.69. The first-order valence-electron chi connectivity index (χ1n) is 7.06. The highest BCUT2D eigenvalue weighted by Gasteiger charge is 2.24. The molecule has 2 rings (SSSR count). The molecule has 9 heteroatoms. The number of nitrogens with one attached hydrogen (secondary N) is 1. The molecule has 0 aliphatic carbocycles. The van der Waals surface area contributed by atoms with Crippen LogP contribution >= 0.6 is 22.9 Å². The van der Waals surface area contributed by atoms with Gasteiger partial charge in [0.25, 0.3) is 10.0 Å². The highest BCUT2D eigenvalue weighted by Crippen LogP contribution is 2.27. The average molecular weight is 389 g/mol. The van der Waals surface area contributed by atoms with E-state index in [-0.39, 0.29) is 17.3 Å². The summed E-state index contributed by atoms with van der Waals surface area (Å²) in [6.45, 7) is 0.308. The molecule has 0 radical (unpaired) electrons. The molecule has 24 heavy (non-hydrogen) atoms. The van der Waals surface area contributed by atoms with Crippen molar-refractivity contribution in [1.82, 2.24) is 9.62 Å². The minimum Gasteiger partial charge on any atom is -0.492 e. The smallest absolute Gasteiger partial charge is 0.252 e. The predicted octanol–water partition coefficient (Wildman–Crippen LogP) is 2.22. The molecule has 0 bridgehead atoms. The number of nitrogens with zero attached hydrogens (tertiary/aromatic N) is 1. The number of carbonyl (C=O) groups excluding carboxylic acids is 1. The monoisotopic (exact) mass is 388 g/mol. The van der Waals surface area contributed by atoms with E-state index >= 15 is 0 Å². The van der Waals surface area contributed by atoms with Gasteiger partial charge >= 0.3 is 0 Å². The van der Waals surface area contributed by atoms with Crippen molar-refractivity contribution >= 4 is 38.9 Å². The Morgan fingerprint density at radius 1 is 1.25 bits per heavy atom. The maximum atomic E-state index is 12.3. The van der Waals surface area contributed by atoms with Gasteiger partial charge in [-0.15, -0.1) is 11.3 Å². The zero-order chi connectivity index (χ0) is 17.6. The highest BCUT2D eigenvalue weighted by atomic mass is 35.5. The second-order valence-corrected chi connectivity index (χ2v) is 8.82. The number of para-hydroxylation sites is 1. The summed E-state index contributed by atoms with van der Waals surface area (Å²) in [5.41, 5.74) is 0. The lowest BCUT2D eigenvalue weighted by Gasteiger charge is -2.15. The van der Waals surface area contributed by atoms with Crippen LogP contribution in [0, 0.1) is 0 Å². The van der Waals surface area contributed by atoms with E-state index in [1.165, 1.54) is 19.2 Å². The maximum Gasteiger partial charge on any atom is 0.252 e. The SMILES string of the molecule is CN(CC(=O)NCCOc1ccccc1)S(=O)(=O)c1ccc(Cl)s1. The van der Waals surface area contributed by atoms with Crippen molar-refractivity contribution in [2.24, 2.45) is 0 Å². The number of carbonyl (C=O) groups is 1. The first kappa shape index (κ1) is 18.7. The van der Waals surface area contributed by atoms with Gasteiger partial charge in [-0.3, -0.25) is 4.79 Å². The normalized spacial score (nSPS) is 11.5. The first-order chi connectivity index (χ1) is 11.4. The Kier molecular flexibility index (Phi) is 6.61. The lowest BCUT2D eigenvalue weighted by molar-refractivity contribution is -0.121. The molecule has 2 aromatic rings. The Labute approximate surface area is 150 Å². The number of hydrogen-bond acceptors (Lipinski definition) is 5. The Morgan fingerprint density at radius 2 is 1.96 bits per heavy atom. The van der Waals surface area contributed by atoms with Gasteiger partial charge in [-0.1, -0.05) is 29.8 Å². The van der Waals surface area contributed by atoms with Gasteiger partial charge in [0, 0.05) is 7.05 Å². The van der Waals surface area contributed by atoms with Crippen molar-refractivity contribution in [1.29, 1.82) is 0 Å². The molecule has 0 spiro atoms. The Balaban J connectivity index is 1.77. The molecule has 0 saturated heterocycles. The van der Waals surface area contributed by atoms with Crippen LogP contribution < -0.4 is 10.1 Å². The fourth-order valence-electron chi connectivity index (χ4n) is 1.81. The largest absolute Gasteiger partial charge is 0.492 e. The fourth-order valence-corrected chi connectivity index (χ4v) is 4.63. The van der Waals surface area contributed by atoms with Crippen LogP contribution in [0.25, 0.3) is 0 Å². The van der Waals surface area contributed by atoms with E-state index in [1.807, 2.05) is 30.3 Å². The molecule has 1 aromatic heterocycles. The van der Waals surface area contributed by atoms with Crippen LogP contribution in [0.4, 0.5) is 0 Å². The summed E-state index contributed by atoms with van der Waals surface area (Å²) in [6, 6.07) is 12.1. The molecule has 0 fully saturated rings. The molecule has 0 aliphatic heterocycles. The number of sulfonamides is 1. The number of hydrogen-bond donors (Lipinski definition) is 1. The Hall–Kier alpha value is -1.61. The molecule has 130 valence electrons. The maximum absolute atomic E-state index is 12.3. The molecule has 1 heterocycles. The van der Waals surface area contributed by atoms with E-state index in [0.29, 0.717) is 16.7 Å². The number of halogens is 1. The molecule has 1 amide bonds. The Bertz CT molecular complexity index is 778. The van der Waals surface area contributed by atoms with Gasteiger partial charge in [-0.2, -0.15) is 4.31 Å². The third-order valence-electron chi connectivity index (χ3n) is 3.02. The quantitative estimate of drug-likeness (QED) is 0.703. The lowest BCUT2D eigenvalue weighted by atomic mass is 10.3. The van der Waals surface area contributed by atoms with Crippen LogP contribution in [0.3, 0.4) is 0 Å². The lowest BCUT2D eigenvalue weighted by Crippen LogP contribution is -2.39. The van der Waals surface area contributed by atoms with Gasteiger partial charge in [0.05, 0.1) is 17.4 Å². The van der Waals surface area contributed by atoms with Gasteiger partial charge in [0.1, 0.15) is 16.6 Å². The third kappa shape index (κ3) is 5.20. The van der Waals surface area contributed by atoms with Crippen LogP contribution in [0.1, 0.15) is 0 Å². The fraction of sp³-hybridized carbons (Fsp3) is 0.267. The van der Waals surface area contributed by atoms with E-state index in [0.717, 1.165) is 15.6 Å². The van der Waals surface area contributed by atoms with Crippen molar-refractivity contribution in [2.45, 2.75) is 4.21 Å². The number of likely N-dealkylation sites (N-methyl/N-ethyl adjacent to an activating group) is 1. The van der Waals surface area contributed by atoms with E-state index in [2.05, 4.69) is 5.32 Å². The number of thiophene rings is 1. The van der Waals surface area contributed by atoms with Gasteiger partial charge < -0.3 is 10.1 Å². The minimum absolute atomic E-state index is 0.107. The number of benzene rings is 1. The number of ether oxygens (including phenoxy) is 1. The van der Waals surface area contributed by atoms with E-state index in [9.17, 15) is 13.2 Å². The molecule has 1 aromatic carbocycles. The summed E-state index contributed by atoms with van der Waals surface area (Å²) in [5, 5.41) is 2.62. The van der Waals surface area contributed by atoms with Gasteiger partial charge in [0.2, 0.25) is 5.91 Å². The summed E-state index contributed by atoms with van der Waals surface area (Å²) < 4.78 is 31.5. The molecule has 6 nitrogen and oxygen atoms in total. The summed E-state index contributed by atoms with van der Waals surface area (Å²) in [4.78, 5) is 11.9. The molecule has 1 N–H and O–H groups in total. The summed E-state index contributed by atoms with van der Waals surface area (Å²) >= 11 is 6.71. The van der Waals surface area contributed by atoms with Crippen LogP contribution in [-0.4, -0.2) is 45.4 Å². The molecular formula is C15H17ClN2O4S2. The van der Waals surface area contributed by atoms with Crippen molar-refractivity contribution in [3.05, 3.63) is 46.8 Å². The second kappa shape index (κ2) is 8.48. The summed E-state index contributed by atoms with van der Waals surface area (Å²) in [5.74, 6) is 0.307. The topological polar surface area (TPSA) is 75.7 Å². The zero-order valence-corrected chi connectivity index (χ0v) is 15.3. The second-order valence-electron chi connectivity index (χ2n) is 4.83. The molecular weight excluding hydrogens is 372 g/mol. The summed E-state index contributed by atoms with van der Waals surface area (Å²) in [6.07, 6.45) is 0. The molecule has 0 aliphatic rings. The van der Waals surface area contributed by atoms with Gasteiger partial charge in [0.15, 0.2) is 0 Å². The number of amides is 1. The molecule has 0 saturated carbocycles. The average Bonchev–Trinajstić information content (AvgIpc) is 3.00. The van der Waals surface area contributed by atoms with Crippen LogP contribution in [0.2, 0.25) is 4.34 Å². The Morgan fingerprint density at radius 3 is 2.58 bits per heavy atom. The minimum atomic E-state index is -3.71. The highest BCUT2D eigenvalue weighted by molar-refractivity contribution is 7.91. The van der Waals surface area contributed by atoms with Crippen molar-refractivity contribution in [3.63, 3.8) is 0 Å². The molecule has 0 unspecified atom stereocenters. The van der Waals surface area contributed by atoms with Crippen molar-refractivity contribution in [3.8, 4) is 5.75 Å². The van der Waals surface area contributed by atoms with E-state index < -0.39 is 15.9 Å². The van der Waals surface area contributed by atoms with E-state index in [1.54, 1.807) is 0 Å². The molecule has 0 atom stereocenters. The van der Waals surface area contributed by atoms with Gasteiger partial charge in [-0.05, 0) is 24.3 Å². The number of rotatable bonds is 8. The van der Waals surface area contributed by atoms with E-state index in [4.69, 9.17) is 16.3 Å². The third-order valence-corrected chi connectivity index (χ3v) is 6.52. The van der Waals surface area contributed by atoms with Crippen molar-refractivity contribution < 1.29 is 17.9 Å².